The van der Waals surface area contributed by atoms with Crippen LogP contribution in [0, 0.1) is 29.1 Å². The molecule has 0 saturated carbocycles. The minimum absolute atomic E-state index is 0.0724. The quantitative estimate of drug-likeness (QED) is 0.370. The topological polar surface area (TPSA) is 75.3 Å². The predicted octanol–water partition coefficient (Wildman–Crippen LogP) is 2.54. The fourth-order valence-electron chi connectivity index (χ4n) is 1.76. The van der Waals surface area contributed by atoms with Crippen LogP contribution in [0.5, 0.6) is 0 Å². The Balaban J connectivity index is 2.21. The van der Waals surface area contributed by atoms with Crippen molar-refractivity contribution in [3.63, 3.8) is 0 Å². The molecule has 5 nitrogen and oxygen atoms in total. The molecule has 0 saturated heterocycles. The number of nitrogens with one attached hydrogen (secondary N) is 2. The Labute approximate surface area is 138 Å². The van der Waals surface area contributed by atoms with Crippen molar-refractivity contribution < 1.29 is 35.2 Å². The predicted molar refractivity (Wildman–Crippen MR) is 76.9 cm³/mol. The van der Waals surface area contributed by atoms with Gasteiger partial charge in [-0.1, -0.05) is 0 Å². The number of sulfone groups is 1. The number of amides is 1. The second kappa shape index (κ2) is 6.67. The molecule has 0 heterocycles. The van der Waals surface area contributed by atoms with Crippen LogP contribution >= 0.6 is 0 Å². The van der Waals surface area contributed by atoms with E-state index in [1.165, 1.54) is 0 Å². The van der Waals surface area contributed by atoms with Gasteiger partial charge in [0, 0.05) is 11.8 Å². The molecule has 0 atom stereocenters. The lowest BCUT2D eigenvalue weighted by molar-refractivity contribution is 0.0962. The van der Waals surface area contributed by atoms with Crippen LogP contribution < -0.4 is 10.9 Å². The van der Waals surface area contributed by atoms with Gasteiger partial charge in [0.25, 0.3) is 5.91 Å². The summed E-state index contributed by atoms with van der Waals surface area (Å²) in [5, 5.41) is 0. The van der Waals surface area contributed by atoms with Gasteiger partial charge < -0.3 is 0 Å². The number of benzene rings is 2. The van der Waals surface area contributed by atoms with Crippen LogP contribution in [0.3, 0.4) is 0 Å². The summed E-state index contributed by atoms with van der Waals surface area (Å²) in [6.07, 6.45) is 0.951. The number of anilines is 1. The van der Waals surface area contributed by atoms with Gasteiger partial charge in [-0.25, -0.2) is 30.4 Å². The number of rotatable bonds is 4. The molecule has 2 N–H and O–H groups in total. The smallest absolute Gasteiger partial charge is 0.269 e. The summed E-state index contributed by atoms with van der Waals surface area (Å²) in [4.78, 5) is 11.7. The van der Waals surface area contributed by atoms with Crippen molar-refractivity contribution in [1.82, 2.24) is 5.43 Å². The minimum Gasteiger partial charge on any atom is -0.293 e. The van der Waals surface area contributed by atoms with Gasteiger partial charge in [0.2, 0.25) is 5.82 Å². The largest absolute Gasteiger partial charge is 0.293 e. The third kappa shape index (κ3) is 3.71. The summed E-state index contributed by atoms with van der Waals surface area (Å²) in [6.45, 7) is 0. The van der Waals surface area contributed by atoms with E-state index < -0.39 is 50.5 Å². The van der Waals surface area contributed by atoms with Gasteiger partial charge in [-0.15, -0.1) is 0 Å². The van der Waals surface area contributed by atoms with Crippen molar-refractivity contribution in [1.29, 1.82) is 0 Å². The van der Waals surface area contributed by atoms with Gasteiger partial charge in [0.05, 0.1) is 4.90 Å². The van der Waals surface area contributed by atoms with Crippen LogP contribution in [-0.2, 0) is 9.84 Å². The van der Waals surface area contributed by atoms with Gasteiger partial charge in [0.1, 0.15) is 5.69 Å². The number of hydrogen-bond acceptors (Lipinski definition) is 4. The molecule has 0 bridgehead atoms. The highest BCUT2D eigenvalue weighted by atomic mass is 32.2. The number of carbonyl (C=O) groups is 1. The Morgan fingerprint density at radius 2 is 1.28 bits per heavy atom. The first-order chi connectivity index (χ1) is 11.5. The number of carbonyl (C=O) groups excluding carboxylic acids is 1. The Kier molecular flexibility index (Phi) is 4.97. The average Bonchev–Trinajstić information content (AvgIpc) is 2.57. The number of halogens is 5. The molecular formula is C14H9F5N2O3S. The molecule has 11 heteroatoms. The normalized spacial score (nSPS) is 11.3. The molecule has 2 aromatic rings. The lowest BCUT2D eigenvalue weighted by atomic mass is 10.2. The second-order valence-corrected chi connectivity index (χ2v) is 6.84. The van der Waals surface area contributed by atoms with Crippen molar-refractivity contribution in [2.75, 3.05) is 11.7 Å². The molecule has 0 aromatic heterocycles. The van der Waals surface area contributed by atoms with Crippen LogP contribution in [0.15, 0.2) is 29.2 Å². The van der Waals surface area contributed by atoms with Crippen molar-refractivity contribution in [2.45, 2.75) is 4.90 Å². The minimum atomic E-state index is -3.49. The SMILES string of the molecule is CS(=O)(=O)c1ccc(C(=O)NNc2c(F)c(F)c(F)c(F)c2F)cc1. The molecule has 0 aliphatic carbocycles. The summed E-state index contributed by atoms with van der Waals surface area (Å²) in [7, 11) is -3.49. The zero-order valence-corrected chi connectivity index (χ0v) is 13.1. The molecule has 0 aliphatic rings. The van der Waals surface area contributed by atoms with E-state index in [9.17, 15) is 35.2 Å². The zero-order valence-electron chi connectivity index (χ0n) is 12.3. The van der Waals surface area contributed by atoms with Gasteiger partial charge >= 0.3 is 0 Å². The molecule has 0 spiro atoms. The van der Waals surface area contributed by atoms with Crippen LogP contribution in [0.4, 0.5) is 27.6 Å². The van der Waals surface area contributed by atoms with Crippen molar-refractivity contribution in [2.24, 2.45) is 0 Å². The summed E-state index contributed by atoms with van der Waals surface area (Å²) >= 11 is 0. The van der Waals surface area contributed by atoms with Gasteiger partial charge in [-0.2, -0.15) is 0 Å². The van der Waals surface area contributed by atoms with E-state index in [4.69, 9.17) is 0 Å². The fraction of sp³-hybridized carbons (Fsp3) is 0.0714. The molecule has 25 heavy (non-hydrogen) atoms. The van der Waals surface area contributed by atoms with E-state index in [0.29, 0.717) is 0 Å². The molecule has 0 aliphatic heterocycles. The van der Waals surface area contributed by atoms with Crippen LogP contribution in [0.1, 0.15) is 10.4 Å². The highest BCUT2D eigenvalue weighted by molar-refractivity contribution is 7.90. The number of hydrogen-bond donors (Lipinski definition) is 2. The summed E-state index contributed by atoms with van der Waals surface area (Å²) in [5.74, 6) is -12.0. The van der Waals surface area contributed by atoms with Crippen molar-refractivity contribution in [3.8, 4) is 0 Å². The summed E-state index contributed by atoms with van der Waals surface area (Å²) < 4.78 is 88.4. The van der Waals surface area contributed by atoms with Crippen LogP contribution in [-0.4, -0.2) is 20.6 Å². The highest BCUT2D eigenvalue weighted by Crippen LogP contribution is 2.26. The maximum Gasteiger partial charge on any atom is 0.269 e. The van der Waals surface area contributed by atoms with Crippen molar-refractivity contribution >= 4 is 21.4 Å². The van der Waals surface area contributed by atoms with Gasteiger partial charge in [-0.3, -0.25) is 15.6 Å². The maximum absolute atomic E-state index is 13.4. The van der Waals surface area contributed by atoms with E-state index in [2.05, 4.69) is 0 Å². The standard InChI is InChI=1S/C14H9F5N2O3S/c1-25(23,24)7-4-2-6(3-5-7)14(22)21-20-13-11(18)9(16)8(15)10(17)12(13)19/h2-5,20H,1H3,(H,21,22). The lowest BCUT2D eigenvalue weighted by Gasteiger charge is -2.12. The van der Waals surface area contributed by atoms with E-state index in [1.54, 1.807) is 10.9 Å². The molecule has 2 aromatic carbocycles. The van der Waals surface area contributed by atoms with E-state index in [1.807, 2.05) is 0 Å². The molecule has 0 unspecified atom stereocenters. The molecule has 0 radical (unpaired) electrons. The average molecular weight is 380 g/mol. The maximum atomic E-state index is 13.4. The third-order valence-corrected chi connectivity index (χ3v) is 4.18. The zero-order chi connectivity index (χ0) is 18.9. The Morgan fingerprint density at radius 1 is 0.840 bits per heavy atom. The highest BCUT2D eigenvalue weighted by Gasteiger charge is 2.26. The molecule has 1 amide bonds. The second-order valence-electron chi connectivity index (χ2n) is 4.82. The monoisotopic (exact) mass is 380 g/mol. The number of hydrazine groups is 1. The van der Waals surface area contributed by atoms with Gasteiger partial charge in [0.15, 0.2) is 33.1 Å². The third-order valence-electron chi connectivity index (χ3n) is 3.06. The van der Waals surface area contributed by atoms with Crippen LogP contribution in [0.2, 0.25) is 0 Å². The van der Waals surface area contributed by atoms with E-state index in [0.717, 1.165) is 30.5 Å². The van der Waals surface area contributed by atoms with Gasteiger partial charge in [-0.05, 0) is 24.3 Å². The molecule has 134 valence electrons. The lowest BCUT2D eigenvalue weighted by Crippen LogP contribution is -2.31. The Hall–Kier alpha value is -2.69. The first kappa shape index (κ1) is 18.6. The summed E-state index contributed by atoms with van der Waals surface area (Å²) in [5.41, 5.74) is 1.82. The fourth-order valence-corrected chi connectivity index (χ4v) is 2.39. The Bertz CT molecular complexity index is 917. The molecular weight excluding hydrogens is 371 g/mol. The van der Waals surface area contributed by atoms with Crippen molar-refractivity contribution in [3.05, 3.63) is 58.9 Å². The summed E-state index contributed by atoms with van der Waals surface area (Å²) in [6, 6.07) is 4.43. The van der Waals surface area contributed by atoms with E-state index >= 15 is 0 Å². The molecule has 2 rings (SSSR count). The first-order valence-corrected chi connectivity index (χ1v) is 8.31. The van der Waals surface area contributed by atoms with Crippen LogP contribution in [0.25, 0.3) is 0 Å². The van der Waals surface area contributed by atoms with E-state index in [-0.39, 0.29) is 10.5 Å². The first-order valence-electron chi connectivity index (χ1n) is 6.42. The Morgan fingerprint density at radius 3 is 1.72 bits per heavy atom. The molecule has 0 fully saturated rings.